The molecule has 3 rings (SSSR count). The van der Waals surface area contributed by atoms with Gasteiger partial charge in [0.05, 0.1) is 16.5 Å². The van der Waals surface area contributed by atoms with Crippen LogP contribution >= 0.6 is 23.2 Å². The molecule has 0 radical (unpaired) electrons. The Labute approximate surface area is 201 Å². The molecule has 1 heterocycles. The van der Waals surface area contributed by atoms with E-state index in [1.165, 1.54) is 5.56 Å². The van der Waals surface area contributed by atoms with Gasteiger partial charge < -0.3 is 9.84 Å². The Kier molecular flexibility index (Phi) is 8.16. The number of hydrogen-bond acceptors (Lipinski definition) is 5. The van der Waals surface area contributed by atoms with Crippen LogP contribution in [-0.4, -0.2) is 55.2 Å². The van der Waals surface area contributed by atoms with Gasteiger partial charge in [-0.3, -0.25) is 4.90 Å². The van der Waals surface area contributed by atoms with Gasteiger partial charge in [-0.2, -0.15) is 0 Å². The molecule has 0 amide bonds. The Morgan fingerprint density at radius 2 is 1.84 bits per heavy atom. The average Bonchev–Trinajstić information content (AvgIpc) is 3.06. The highest BCUT2D eigenvalue weighted by Gasteiger charge is 2.33. The van der Waals surface area contributed by atoms with Gasteiger partial charge in [-0.25, -0.2) is 8.42 Å². The molecular formula is C24H31Cl2NO4S. The number of nitrogens with zero attached hydrogens (tertiary/aromatic N) is 1. The summed E-state index contributed by atoms with van der Waals surface area (Å²) in [6.45, 7) is 7.40. The van der Waals surface area contributed by atoms with E-state index in [2.05, 4.69) is 45.0 Å². The summed E-state index contributed by atoms with van der Waals surface area (Å²) in [7, 11) is -3.04. The lowest BCUT2D eigenvalue weighted by Gasteiger charge is -2.30. The molecule has 2 atom stereocenters. The lowest BCUT2D eigenvalue weighted by Crippen LogP contribution is -2.42. The summed E-state index contributed by atoms with van der Waals surface area (Å²) in [6.07, 6.45) is -0.238. The second-order valence-corrected chi connectivity index (χ2v) is 12.5. The third-order valence-corrected chi connectivity index (χ3v) is 7.98. The third-order valence-electron chi connectivity index (χ3n) is 5.70. The monoisotopic (exact) mass is 499 g/mol. The first-order valence-corrected chi connectivity index (χ1v) is 13.3. The van der Waals surface area contributed by atoms with Crippen molar-refractivity contribution in [1.82, 2.24) is 4.90 Å². The number of halogens is 2. The Morgan fingerprint density at radius 3 is 2.41 bits per heavy atom. The highest BCUT2D eigenvalue weighted by molar-refractivity contribution is 7.91. The molecule has 1 aliphatic heterocycles. The predicted molar refractivity (Wildman–Crippen MR) is 131 cm³/mol. The van der Waals surface area contributed by atoms with Crippen molar-refractivity contribution in [1.29, 1.82) is 0 Å². The van der Waals surface area contributed by atoms with Crippen LogP contribution in [0.1, 0.15) is 38.3 Å². The number of ether oxygens (including phenoxy) is 1. The molecule has 0 bridgehead atoms. The topological polar surface area (TPSA) is 66.8 Å². The van der Waals surface area contributed by atoms with Crippen LogP contribution in [0.3, 0.4) is 0 Å². The van der Waals surface area contributed by atoms with Crippen LogP contribution in [-0.2, 0) is 21.8 Å². The fourth-order valence-corrected chi connectivity index (χ4v) is 6.08. The van der Waals surface area contributed by atoms with E-state index in [0.717, 1.165) is 5.56 Å². The van der Waals surface area contributed by atoms with Gasteiger partial charge in [0, 0.05) is 24.2 Å². The van der Waals surface area contributed by atoms with E-state index >= 15 is 0 Å². The maximum atomic E-state index is 12.1. The number of aliphatic hydroxyl groups is 1. The summed E-state index contributed by atoms with van der Waals surface area (Å²) in [6, 6.07) is 13.2. The van der Waals surface area contributed by atoms with Gasteiger partial charge in [0.2, 0.25) is 0 Å². The molecule has 1 fully saturated rings. The Morgan fingerprint density at radius 1 is 1.16 bits per heavy atom. The van der Waals surface area contributed by atoms with Crippen molar-refractivity contribution in [3.05, 3.63) is 63.6 Å². The summed E-state index contributed by atoms with van der Waals surface area (Å²) in [5, 5.41) is 11.5. The van der Waals surface area contributed by atoms with Crippen LogP contribution in [0.25, 0.3) is 0 Å². The Hall–Kier alpha value is -1.31. The fourth-order valence-electron chi connectivity index (χ4n) is 3.85. The van der Waals surface area contributed by atoms with E-state index in [4.69, 9.17) is 27.9 Å². The van der Waals surface area contributed by atoms with Gasteiger partial charge in [-0.1, -0.05) is 68.2 Å². The summed E-state index contributed by atoms with van der Waals surface area (Å²) < 4.78 is 29.8. The molecule has 32 heavy (non-hydrogen) atoms. The standard InChI is InChI=1S/C24H31Cl2NO4S/c1-24(2,3)18-6-4-17(5-7-18)13-27(20-10-11-32(29,30)16-20)14-21(28)15-31-23-9-8-19(25)12-22(23)26/h4-9,12,20-21,28H,10-11,13-16H2,1-3H3. The molecule has 0 aliphatic carbocycles. The van der Waals surface area contributed by atoms with E-state index in [9.17, 15) is 13.5 Å². The highest BCUT2D eigenvalue weighted by Crippen LogP contribution is 2.28. The van der Waals surface area contributed by atoms with Crippen molar-refractivity contribution in [2.24, 2.45) is 0 Å². The van der Waals surface area contributed by atoms with Crippen LogP contribution in [0.5, 0.6) is 5.75 Å². The zero-order chi connectivity index (χ0) is 23.5. The molecule has 0 aromatic heterocycles. The first kappa shape index (κ1) is 25.3. The second kappa shape index (κ2) is 10.3. The molecule has 0 spiro atoms. The number of rotatable bonds is 8. The normalized spacial score (nSPS) is 19.3. The van der Waals surface area contributed by atoms with Crippen molar-refractivity contribution < 1.29 is 18.3 Å². The summed E-state index contributed by atoms with van der Waals surface area (Å²) >= 11 is 12.0. The van der Waals surface area contributed by atoms with Crippen molar-refractivity contribution in [3.8, 4) is 5.75 Å². The van der Waals surface area contributed by atoms with Crippen LogP contribution in [0, 0.1) is 0 Å². The van der Waals surface area contributed by atoms with Crippen LogP contribution < -0.4 is 4.74 Å². The molecule has 176 valence electrons. The van der Waals surface area contributed by atoms with E-state index in [1.807, 2.05) is 4.90 Å². The number of aliphatic hydroxyl groups excluding tert-OH is 1. The minimum Gasteiger partial charge on any atom is -0.489 e. The molecule has 0 saturated carbocycles. The van der Waals surface area contributed by atoms with E-state index in [-0.39, 0.29) is 29.6 Å². The van der Waals surface area contributed by atoms with Crippen molar-refractivity contribution in [2.75, 3.05) is 24.7 Å². The number of benzene rings is 2. The van der Waals surface area contributed by atoms with Crippen LogP contribution in [0.4, 0.5) is 0 Å². The van der Waals surface area contributed by atoms with Gasteiger partial charge in [-0.05, 0) is 41.2 Å². The number of hydrogen-bond donors (Lipinski definition) is 1. The van der Waals surface area contributed by atoms with E-state index < -0.39 is 15.9 Å². The summed E-state index contributed by atoms with van der Waals surface area (Å²) in [4.78, 5) is 2.05. The molecule has 2 aromatic rings. The van der Waals surface area contributed by atoms with Crippen molar-refractivity contribution in [2.45, 2.75) is 51.3 Å². The quantitative estimate of drug-likeness (QED) is 0.568. The third kappa shape index (κ3) is 7.09. The molecular weight excluding hydrogens is 469 g/mol. The average molecular weight is 500 g/mol. The lowest BCUT2D eigenvalue weighted by molar-refractivity contribution is 0.0525. The van der Waals surface area contributed by atoms with Gasteiger partial charge >= 0.3 is 0 Å². The summed E-state index contributed by atoms with van der Waals surface area (Å²) in [5.41, 5.74) is 2.38. The van der Waals surface area contributed by atoms with Gasteiger partial charge in [0.1, 0.15) is 18.5 Å². The zero-order valence-electron chi connectivity index (χ0n) is 18.7. The minimum atomic E-state index is -3.04. The molecule has 2 unspecified atom stereocenters. The van der Waals surface area contributed by atoms with Crippen LogP contribution in [0.15, 0.2) is 42.5 Å². The Balaban J connectivity index is 1.68. The molecule has 1 N–H and O–H groups in total. The minimum absolute atomic E-state index is 0.0419. The SMILES string of the molecule is CC(C)(C)c1ccc(CN(CC(O)COc2ccc(Cl)cc2Cl)C2CCS(=O)(=O)C2)cc1. The molecule has 8 heteroatoms. The van der Waals surface area contributed by atoms with Gasteiger partial charge in [-0.15, -0.1) is 0 Å². The maximum Gasteiger partial charge on any atom is 0.151 e. The van der Waals surface area contributed by atoms with Gasteiger partial charge in [0.25, 0.3) is 0 Å². The predicted octanol–water partition coefficient (Wildman–Crippen LogP) is 4.72. The van der Waals surface area contributed by atoms with Gasteiger partial charge in [0.15, 0.2) is 9.84 Å². The van der Waals surface area contributed by atoms with Crippen molar-refractivity contribution in [3.63, 3.8) is 0 Å². The Bertz CT molecular complexity index is 1020. The van der Waals surface area contributed by atoms with Crippen molar-refractivity contribution >= 4 is 33.0 Å². The van der Waals surface area contributed by atoms with E-state index in [0.29, 0.717) is 35.3 Å². The maximum absolute atomic E-state index is 12.1. The largest absolute Gasteiger partial charge is 0.489 e. The fraction of sp³-hybridized carbons (Fsp3) is 0.500. The second-order valence-electron chi connectivity index (χ2n) is 9.47. The molecule has 2 aromatic carbocycles. The highest BCUT2D eigenvalue weighted by atomic mass is 35.5. The first-order chi connectivity index (χ1) is 14.9. The molecule has 1 saturated heterocycles. The summed E-state index contributed by atoms with van der Waals surface area (Å²) in [5.74, 6) is 0.746. The first-order valence-electron chi connectivity index (χ1n) is 10.7. The number of sulfone groups is 1. The molecule has 1 aliphatic rings. The smallest absolute Gasteiger partial charge is 0.151 e. The van der Waals surface area contributed by atoms with E-state index in [1.54, 1.807) is 18.2 Å². The van der Waals surface area contributed by atoms with Crippen LogP contribution in [0.2, 0.25) is 10.0 Å². The zero-order valence-corrected chi connectivity index (χ0v) is 21.1. The molecule has 5 nitrogen and oxygen atoms in total. The lowest BCUT2D eigenvalue weighted by atomic mass is 9.86.